The highest BCUT2D eigenvalue weighted by Gasteiger charge is 2.25. The summed E-state index contributed by atoms with van der Waals surface area (Å²) >= 11 is 0. The van der Waals surface area contributed by atoms with Crippen LogP contribution in [0.1, 0.15) is 11.1 Å². The summed E-state index contributed by atoms with van der Waals surface area (Å²) in [4.78, 5) is 17.9. The predicted molar refractivity (Wildman–Crippen MR) is 93.9 cm³/mol. The SMILES string of the molecule is COc1ccc(C2=NC3=NC(c4ccc(OC)cc4)=NC3=N2)cc1. The van der Waals surface area contributed by atoms with Gasteiger partial charge in [-0.15, -0.1) is 0 Å². The van der Waals surface area contributed by atoms with Gasteiger partial charge in [-0.3, -0.25) is 0 Å². The minimum atomic E-state index is 0.548. The number of aliphatic imine (C=N–C) groups is 4. The molecule has 0 spiro atoms. The van der Waals surface area contributed by atoms with Gasteiger partial charge in [0.1, 0.15) is 11.5 Å². The van der Waals surface area contributed by atoms with Crippen LogP contribution in [-0.4, -0.2) is 37.6 Å². The standard InChI is InChI=1S/C18H14N4O2/c1-23-13-7-3-11(4-8-13)15-19-17-18(20-15)22-16(21-17)12-5-9-14(24-2)10-6-12/h3-10H,1-2H3. The summed E-state index contributed by atoms with van der Waals surface area (Å²) in [7, 11) is 3.27. The van der Waals surface area contributed by atoms with E-state index in [0.29, 0.717) is 23.3 Å². The Bertz CT molecular complexity index is 830. The smallest absolute Gasteiger partial charge is 0.202 e. The van der Waals surface area contributed by atoms with Gasteiger partial charge in [0.2, 0.25) is 11.7 Å². The molecule has 0 N–H and O–H groups in total. The van der Waals surface area contributed by atoms with E-state index >= 15 is 0 Å². The zero-order valence-corrected chi connectivity index (χ0v) is 13.2. The summed E-state index contributed by atoms with van der Waals surface area (Å²) in [6, 6.07) is 15.2. The van der Waals surface area contributed by atoms with Gasteiger partial charge in [0, 0.05) is 11.1 Å². The van der Waals surface area contributed by atoms with Crippen molar-refractivity contribution in [3.8, 4) is 11.5 Å². The summed E-state index contributed by atoms with van der Waals surface area (Å²) < 4.78 is 10.3. The Morgan fingerprint density at radius 2 is 0.833 bits per heavy atom. The number of fused-ring (bicyclic) bond motifs is 1. The summed E-state index contributed by atoms with van der Waals surface area (Å²) in [6.45, 7) is 0. The summed E-state index contributed by atoms with van der Waals surface area (Å²) in [5.41, 5.74) is 1.81. The number of hydrogen-bond donors (Lipinski definition) is 0. The molecule has 2 aliphatic rings. The van der Waals surface area contributed by atoms with Crippen LogP contribution in [0.15, 0.2) is 68.5 Å². The fourth-order valence-corrected chi connectivity index (χ4v) is 2.44. The number of methoxy groups -OCH3 is 2. The molecule has 4 rings (SSSR count). The van der Waals surface area contributed by atoms with Crippen molar-refractivity contribution in [2.24, 2.45) is 20.0 Å². The van der Waals surface area contributed by atoms with Crippen LogP contribution in [0, 0.1) is 0 Å². The van der Waals surface area contributed by atoms with E-state index in [9.17, 15) is 0 Å². The molecular formula is C18H14N4O2. The van der Waals surface area contributed by atoms with Crippen LogP contribution in [0.25, 0.3) is 0 Å². The van der Waals surface area contributed by atoms with Crippen LogP contribution in [0.4, 0.5) is 0 Å². The monoisotopic (exact) mass is 318 g/mol. The molecule has 2 aromatic rings. The van der Waals surface area contributed by atoms with Crippen molar-refractivity contribution in [3.05, 3.63) is 59.7 Å². The average molecular weight is 318 g/mol. The van der Waals surface area contributed by atoms with Gasteiger partial charge in [0.05, 0.1) is 14.2 Å². The molecule has 0 amide bonds. The number of benzene rings is 2. The minimum absolute atomic E-state index is 0.548. The molecule has 0 bridgehead atoms. The fraction of sp³-hybridized carbons (Fsp3) is 0.111. The molecular weight excluding hydrogens is 304 g/mol. The Balaban J connectivity index is 1.58. The van der Waals surface area contributed by atoms with Crippen molar-refractivity contribution in [1.82, 2.24) is 0 Å². The van der Waals surface area contributed by atoms with E-state index in [4.69, 9.17) is 9.47 Å². The first kappa shape index (κ1) is 14.3. The van der Waals surface area contributed by atoms with Gasteiger partial charge >= 0.3 is 0 Å². The molecule has 0 fully saturated rings. The molecule has 6 nitrogen and oxygen atoms in total. The van der Waals surface area contributed by atoms with Gasteiger partial charge in [-0.1, -0.05) is 0 Å². The van der Waals surface area contributed by atoms with Gasteiger partial charge in [-0.2, -0.15) is 0 Å². The average Bonchev–Trinajstić information content (AvgIpc) is 3.21. The van der Waals surface area contributed by atoms with Gasteiger partial charge in [-0.25, -0.2) is 20.0 Å². The molecule has 6 heteroatoms. The van der Waals surface area contributed by atoms with Gasteiger partial charge in [0.15, 0.2) is 11.7 Å². The maximum atomic E-state index is 5.16. The molecule has 24 heavy (non-hydrogen) atoms. The largest absolute Gasteiger partial charge is 0.497 e. The van der Waals surface area contributed by atoms with E-state index in [1.807, 2.05) is 48.5 Å². The molecule has 0 radical (unpaired) electrons. The quantitative estimate of drug-likeness (QED) is 0.870. The number of rotatable bonds is 4. The number of hydrogen-bond acceptors (Lipinski definition) is 6. The first-order valence-electron chi connectivity index (χ1n) is 7.41. The highest BCUT2D eigenvalue weighted by atomic mass is 16.5. The molecule has 0 saturated carbocycles. The number of nitrogens with zero attached hydrogens (tertiary/aromatic N) is 4. The Kier molecular flexibility index (Phi) is 3.42. The Morgan fingerprint density at radius 1 is 0.500 bits per heavy atom. The van der Waals surface area contributed by atoms with Crippen LogP contribution in [-0.2, 0) is 0 Å². The molecule has 118 valence electrons. The van der Waals surface area contributed by atoms with Crippen LogP contribution < -0.4 is 9.47 Å². The van der Waals surface area contributed by atoms with Crippen LogP contribution in [0.2, 0.25) is 0 Å². The molecule has 0 unspecified atom stereocenters. The van der Waals surface area contributed by atoms with Crippen molar-refractivity contribution < 1.29 is 9.47 Å². The summed E-state index contributed by atoms with van der Waals surface area (Å²) in [5.74, 6) is 3.91. The third-order valence-corrected chi connectivity index (χ3v) is 3.74. The lowest BCUT2D eigenvalue weighted by atomic mass is 10.2. The zero-order chi connectivity index (χ0) is 16.5. The van der Waals surface area contributed by atoms with E-state index < -0.39 is 0 Å². The van der Waals surface area contributed by atoms with Crippen molar-refractivity contribution in [3.63, 3.8) is 0 Å². The maximum Gasteiger partial charge on any atom is 0.202 e. The van der Waals surface area contributed by atoms with E-state index in [0.717, 1.165) is 22.6 Å². The van der Waals surface area contributed by atoms with E-state index in [1.165, 1.54) is 0 Å². The molecule has 0 saturated heterocycles. The van der Waals surface area contributed by atoms with Crippen LogP contribution in [0.5, 0.6) is 11.5 Å². The number of ether oxygens (including phenoxy) is 2. The lowest BCUT2D eigenvalue weighted by Crippen LogP contribution is -1.97. The Labute approximate surface area is 138 Å². The lowest BCUT2D eigenvalue weighted by Gasteiger charge is -2.01. The Morgan fingerprint density at radius 3 is 1.17 bits per heavy atom. The lowest BCUT2D eigenvalue weighted by molar-refractivity contribution is 0.414. The van der Waals surface area contributed by atoms with Gasteiger partial charge < -0.3 is 9.47 Å². The third-order valence-electron chi connectivity index (χ3n) is 3.74. The first-order valence-corrected chi connectivity index (χ1v) is 7.41. The van der Waals surface area contributed by atoms with Crippen LogP contribution in [0.3, 0.4) is 0 Å². The number of amidine groups is 4. The molecule has 2 aromatic carbocycles. The second-order valence-electron chi connectivity index (χ2n) is 5.20. The summed E-state index contributed by atoms with van der Waals surface area (Å²) in [6.07, 6.45) is 0. The fourth-order valence-electron chi connectivity index (χ4n) is 2.44. The highest BCUT2D eigenvalue weighted by molar-refractivity contribution is 6.53. The van der Waals surface area contributed by atoms with Gasteiger partial charge in [0.25, 0.3) is 0 Å². The normalized spacial score (nSPS) is 15.2. The topological polar surface area (TPSA) is 67.9 Å². The van der Waals surface area contributed by atoms with Crippen molar-refractivity contribution in [1.29, 1.82) is 0 Å². The van der Waals surface area contributed by atoms with Crippen molar-refractivity contribution >= 4 is 23.3 Å². The second kappa shape index (κ2) is 5.73. The highest BCUT2D eigenvalue weighted by Crippen LogP contribution is 2.20. The van der Waals surface area contributed by atoms with Crippen LogP contribution >= 0.6 is 0 Å². The predicted octanol–water partition coefficient (Wildman–Crippen LogP) is 2.72. The summed E-state index contributed by atoms with van der Waals surface area (Å²) in [5, 5.41) is 0. The van der Waals surface area contributed by atoms with Crippen molar-refractivity contribution in [2.75, 3.05) is 14.2 Å². The molecule has 0 aliphatic carbocycles. The second-order valence-corrected chi connectivity index (χ2v) is 5.20. The molecule has 2 aliphatic heterocycles. The first-order chi connectivity index (χ1) is 11.8. The minimum Gasteiger partial charge on any atom is -0.497 e. The molecule has 0 atom stereocenters. The maximum absolute atomic E-state index is 5.16. The zero-order valence-electron chi connectivity index (χ0n) is 13.2. The van der Waals surface area contributed by atoms with E-state index in [-0.39, 0.29) is 0 Å². The third kappa shape index (κ3) is 2.48. The van der Waals surface area contributed by atoms with Crippen molar-refractivity contribution in [2.45, 2.75) is 0 Å². The van der Waals surface area contributed by atoms with Gasteiger partial charge in [-0.05, 0) is 48.5 Å². The Hall–Kier alpha value is -3.28. The van der Waals surface area contributed by atoms with E-state index in [1.54, 1.807) is 14.2 Å². The molecule has 2 heterocycles. The van der Waals surface area contributed by atoms with E-state index in [2.05, 4.69) is 20.0 Å². The molecule has 0 aromatic heterocycles.